The highest BCUT2D eigenvalue weighted by molar-refractivity contribution is 5.71. The van der Waals surface area contributed by atoms with Crippen molar-refractivity contribution in [3.63, 3.8) is 0 Å². The molecule has 0 bridgehead atoms. The third kappa shape index (κ3) is 14.1. The van der Waals surface area contributed by atoms with Gasteiger partial charge in [-0.1, -0.05) is 64.7 Å². The van der Waals surface area contributed by atoms with E-state index < -0.39 is 0 Å². The number of rotatable bonds is 15. The number of hydrogen-bond acceptors (Lipinski definition) is 5. The molecule has 21 heavy (non-hydrogen) atoms. The molecule has 0 rings (SSSR count). The molecule has 0 aliphatic rings. The van der Waals surface area contributed by atoms with Crippen LogP contribution in [-0.4, -0.2) is 38.3 Å². The smallest absolute Gasteiger partial charge is 0.323 e. The molecular weight excluding hydrogens is 266 g/mol. The first kappa shape index (κ1) is 20.3. The standard InChI is InChI=1S/C16H35N3O2/c1-4-5-6-7-8-9-10-11-12-13-14-21-16(20)15-19(17-2)18-3/h17-18H,4-15H2,1-3H3. The summed E-state index contributed by atoms with van der Waals surface area (Å²) in [7, 11) is 3.51. The molecule has 0 aromatic rings. The van der Waals surface area contributed by atoms with Gasteiger partial charge >= 0.3 is 5.97 Å². The largest absolute Gasteiger partial charge is 0.465 e. The van der Waals surface area contributed by atoms with Gasteiger partial charge in [-0.2, -0.15) is 5.12 Å². The van der Waals surface area contributed by atoms with E-state index in [2.05, 4.69) is 17.8 Å². The van der Waals surface area contributed by atoms with Crippen molar-refractivity contribution in [1.29, 1.82) is 0 Å². The zero-order valence-corrected chi connectivity index (χ0v) is 14.2. The summed E-state index contributed by atoms with van der Waals surface area (Å²) in [6, 6.07) is 0. The average molecular weight is 301 g/mol. The van der Waals surface area contributed by atoms with Crippen LogP contribution in [0.3, 0.4) is 0 Å². The highest BCUT2D eigenvalue weighted by Crippen LogP contribution is 2.10. The molecule has 2 N–H and O–H groups in total. The fraction of sp³-hybridized carbons (Fsp3) is 0.938. The Labute approximate surface area is 130 Å². The van der Waals surface area contributed by atoms with Crippen LogP contribution in [0.4, 0.5) is 0 Å². The van der Waals surface area contributed by atoms with Gasteiger partial charge in [0, 0.05) is 14.1 Å². The average Bonchev–Trinajstić information content (AvgIpc) is 2.50. The zero-order valence-electron chi connectivity index (χ0n) is 14.2. The first-order valence-electron chi connectivity index (χ1n) is 8.52. The second-order valence-electron chi connectivity index (χ2n) is 5.44. The Morgan fingerprint density at radius 3 is 1.81 bits per heavy atom. The Morgan fingerprint density at radius 1 is 0.857 bits per heavy atom. The van der Waals surface area contributed by atoms with E-state index in [0.717, 1.165) is 12.8 Å². The number of nitrogens with zero attached hydrogens (tertiary/aromatic N) is 1. The third-order valence-electron chi connectivity index (χ3n) is 3.59. The highest BCUT2D eigenvalue weighted by Gasteiger charge is 2.07. The molecular formula is C16H35N3O2. The summed E-state index contributed by atoms with van der Waals surface area (Å²) in [5.41, 5.74) is 5.69. The number of ether oxygens (including phenoxy) is 1. The van der Waals surface area contributed by atoms with Gasteiger partial charge in [0.15, 0.2) is 0 Å². The van der Waals surface area contributed by atoms with Gasteiger partial charge in [0.25, 0.3) is 0 Å². The Kier molecular flexibility index (Phi) is 15.2. The SMILES string of the molecule is CCCCCCCCCCCCOC(=O)CN(NC)NC. The van der Waals surface area contributed by atoms with Crippen molar-refractivity contribution in [3.8, 4) is 0 Å². The molecule has 0 aromatic carbocycles. The van der Waals surface area contributed by atoms with Crippen LogP contribution >= 0.6 is 0 Å². The van der Waals surface area contributed by atoms with Crippen molar-refractivity contribution in [1.82, 2.24) is 16.0 Å². The van der Waals surface area contributed by atoms with Crippen LogP contribution in [0.5, 0.6) is 0 Å². The lowest BCUT2D eigenvalue weighted by Crippen LogP contribution is -2.47. The van der Waals surface area contributed by atoms with Crippen molar-refractivity contribution in [3.05, 3.63) is 0 Å². The molecule has 0 heterocycles. The molecule has 0 radical (unpaired) electrons. The van der Waals surface area contributed by atoms with Crippen LogP contribution in [0, 0.1) is 0 Å². The van der Waals surface area contributed by atoms with Crippen LogP contribution in [-0.2, 0) is 9.53 Å². The minimum absolute atomic E-state index is 0.199. The van der Waals surface area contributed by atoms with Crippen LogP contribution in [0.25, 0.3) is 0 Å². The first-order chi connectivity index (χ1) is 10.2. The lowest BCUT2D eigenvalue weighted by atomic mass is 10.1. The maximum Gasteiger partial charge on any atom is 0.323 e. The second kappa shape index (κ2) is 15.7. The van der Waals surface area contributed by atoms with Gasteiger partial charge in [-0.25, -0.2) is 10.9 Å². The first-order valence-corrected chi connectivity index (χ1v) is 8.52. The van der Waals surface area contributed by atoms with Crippen molar-refractivity contribution in [2.24, 2.45) is 0 Å². The summed E-state index contributed by atoms with van der Waals surface area (Å²) in [5.74, 6) is -0.199. The van der Waals surface area contributed by atoms with E-state index in [1.165, 1.54) is 51.4 Å². The predicted octanol–water partition coefficient (Wildman–Crippen LogP) is 3.02. The third-order valence-corrected chi connectivity index (χ3v) is 3.59. The summed E-state index contributed by atoms with van der Waals surface area (Å²) in [6.45, 7) is 3.00. The Hall–Kier alpha value is -0.650. The molecule has 126 valence electrons. The number of hydrogen-bond donors (Lipinski definition) is 2. The van der Waals surface area contributed by atoms with Crippen molar-refractivity contribution >= 4 is 5.97 Å². The van der Waals surface area contributed by atoms with Gasteiger partial charge in [-0.05, 0) is 6.42 Å². The summed E-state index contributed by atoms with van der Waals surface area (Å²) in [4.78, 5) is 11.5. The van der Waals surface area contributed by atoms with Gasteiger partial charge in [-0.15, -0.1) is 0 Å². The topological polar surface area (TPSA) is 53.6 Å². The van der Waals surface area contributed by atoms with Crippen LogP contribution in [0.2, 0.25) is 0 Å². The molecule has 0 spiro atoms. The lowest BCUT2D eigenvalue weighted by molar-refractivity contribution is -0.146. The molecule has 0 atom stereocenters. The van der Waals surface area contributed by atoms with Crippen LogP contribution in [0.15, 0.2) is 0 Å². The van der Waals surface area contributed by atoms with E-state index in [1.54, 1.807) is 19.2 Å². The van der Waals surface area contributed by atoms with Crippen molar-refractivity contribution < 1.29 is 9.53 Å². The number of esters is 1. The fourth-order valence-corrected chi connectivity index (χ4v) is 2.22. The number of carbonyl (C=O) groups is 1. The normalized spacial score (nSPS) is 11.0. The van der Waals surface area contributed by atoms with E-state index in [-0.39, 0.29) is 12.5 Å². The summed E-state index contributed by atoms with van der Waals surface area (Å²) in [6.07, 6.45) is 12.9. The molecule has 0 saturated heterocycles. The molecule has 0 aliphatic carbocycles. The molecule has 5 nitrogen and oxygen atoms in total. The quantitative estimate of drug-likeness (QED) is 0.277. The number of carbonyl (C=O) groups excluding carboxylic acids is 1. The minimum atomic E-state index is -0.199. The van der Waals surface area contributed by atoms with Crippen molar-refractivity contribution in [2.75, 3.05) is 27.2 Å². The maximum atomic E-state index is 11.5. The lowest BCUT2D eigenvalue weighted by Gasteiger charge is -2.18. The zero-order chi connectivity index (χ0) is 15.8. The molecule has 0 aliphatic heterocycles. The van der Waals surface area contributed by atoms with Gasteiger partial charge in [0.2, 0.25) is 0 Å². The van der Waals surface area contributed by atoms with Crippen molar-refractivity contribution in [2.45, 2.75) is 71.1 Å². The molecule has 0 fully saturated rings. The maximum absolute atomic E-state index is 11.5. The number of hydrazine groups is 2. The summed E-state index contributed by atoms with van der Waals surface area (Å²) in [5, 5.41) is 1.58. The monoisotopic (exact) mass is 301 g/mol. The number of unbranched alkanes of at least 4 members (excludes halogenated alkanes) is 9. The van der Waals surface area contributed by atoms with E-state index in [1.807, 2.05) is 0 Å². The second-order valence-corrected chi connectivity index (χ2v) is 5.44. The van der Waals surface area contributed by atoms with Gasteiger partial charge in [0.05, 0.1) is 6.61 Å². The fourth-order valence-electron chi connectivity index (χ4n) is 2.22. The van der Waals surface area contributed by atoms with E-state index in [4.69, 9.17) is 4.74 Å². The summed E-state index contributed by atoms with van der Waals surface area (Å²) >= 11 is 0. The highest BCUT2D eigenvalue weighted by atomic mass is 16.5. The molecule has 0 aromatic heterocycles. The van der Waals surface area contributed by atoms with Gasteiger partial charge in [0.1, 0.15) is 6.54 Å². The Balaban J connectivity index is 3.23. The van der Waals surface area contributed by atoms with E-state index >= 15 is 0 Å². The molecule has 0 amide bonds. The minimum Gasteiger partial charge on any atom is -0.465 e. The van der Waals surface area contributed by atoms with Gasteiger partial charge in [-0.3, -0.25) is 4.79 Å². The van der Waals surface area contributed by atoms with Crippen LogP contribution < -0.4 is 10.9 Å². The van der Waals surface area contributed by atoms with Crippen LogP contribution in [0.1, 0.15) is 71.1 Å². The molecule has 0 unspecified atom stereocenters. The molecule has 0 saturated carbocycles. The van der Waals surface area contributed by atoms with E-state index in [9.17, 15) is 4.79 Å². The number of nitrogens with one attached hydrogen (secondary N) is 2. The Morgan fingerprint density at radius 2 is 1.33 bits per heavy atom. The summed E-state index contributed by atoms with van der Waals surface area (Å²) < 4.78 is 5.19. The Bertz CT molecular complexity index is 234. The predicted molar refractivity (Wildman–Crippen MR) is 87.6 cm³/mol. The molecule has 5 heteroatoms. The van der Waals surface area contributed by atoms with Gasteiger partial charge < -0.3 is 4.74 Å². The van der Waals surface area contributed by atoms with E-state index in [0.29, 0.717) is 6.61 Å².